The molecule has 0 aliphatic heterocycles. The molecule has 0 saturated carbocycles. The maximum Gasteiger partial charge on any atom is 0.258 e. The summed E-state index contributed by atoms with van der Waals surface area (Å²) >= 11 is 3.14. The Morgan fingerprint density at radius 3 is 2.40 bits per heavy atom. The van der Waals surface area contributed by atoms with E-state index in [1.54, 1.807) is 37.4 Å². The van der Waals surface area contributed by atoms with E-state index in [4.69, 9.17) is 4.42 Å². The molecule has 1 aromatic carbocycles. The van der Waals surface area contributed by atoms with Gasteiger partial charge in [0.2, 0.25) is 5.91 Å². The summed E-state index contributed by atoms with van der Waals surface area (Å²) in [6.07, 6.45) is 1.37. The Morgan fingerprint density at radius 2 is 1.90 bits per heavy atom. The molecular weight excluding hydrogens is 324 g/mol. The van der Waals surface area contributed by atoms with Crippen molar-refractivity contribution >= 4 is 39.1 Å². The first-order chi connectivity index (χ1) is 9.47. The fourth-order valence-electron chi connectivity index (χ4n) is 1.58. The molecule has 0 bridgehead atoms. The van der Waals surface area contributed by atoms with E-state index < -0.39 is 0 Å². The Labute approximate surface area is 124 Å². The summed E-state index contributed by atoms with van der Waals surface area (Å²) in [5, 5.41) is 2.74. The molecule has 0 saturated heterocycles. The second kappa shape index (κ2) is 5.92. The van der Waals surface area contributed by atoms with E-state index in [2.05, 4.69) is 21.2 Å². The predicted octanol–water partition coefficient (Wildman–Crippen LogP) is 3.28. The van der Waals surface area contributed by atoms with E-state index >= 15 is 0 Å². The number of hydrogen-bond acceptors (Lipinski definition) is 3. The van der Waals surface area contributed by atoms with Crippen molar-refractivity contribution < 1.29 is 14.0 Å². The molecule has 0 atom stereocenters. The van der Waals surface area contributed by atoms with Crippen molar-refractivity contribution in [2.45, 2.75) is 6.92 Å². The van der Waals surface area contributed by atoms with Crippen LogP contribution in [0.2, 0.25) is 0 Å². The Balaban J connectivity index is 2.07. The summed E-state index contributed by atoms with van der Waals surface area (Å²) in [4.78, 5) is 24.7. The lowest BCUT2D eigenvalue weighted by Gasteiger charge is -2.15. The van der Waals surface area contributed by atoms with Crippen LogP contribution >= 0.6 is 15.9 Å². The molecular formula is C14H13BrN2O3. The lowest BCUT2D eigenvalue weighted by atomic mass is 10.2. The van der Waals surface area contributed by atoms with Gasteiger partial charge in [-0.15, -0.1) is 0 Å². The van der Waals surface area contributed by atoms with E-state index in [1.807, 2.05) is 0 Å². The average Bonchev–Trinajstić information content (AvgIpc) is 2.85. The van der Waals surface area contributed by atoms with Gasteiger partial charge in [0.05, 0.1) is 5.56 Å². The second-order valence-electron chi connectivity index (χ2n) is 4.22. The molecule has 0 spiro atoms. The van der Waals surface area contributed by atoms with Crippen LogP contribution in [-0.2, 0) is 4.79 Å². The fraction of sp³-hybridized carbons (Fsp3) is 0.143. The van der Waals surface area contributed by atoms with Crippen LogP contribution in [-0.4, -0.2) is 18.9 Å². The first kappa shape index (κ1) is 14.3. The minimum absolute atomic E-state index is 0.0509. The van der Waals surface area contributed by atoms with Crippen LogP contribution in [0.25, 0.3) is 0 Å². The Bertz CT molecular complexity index is 634. The average molecular weight is 337 g/mol. The molecule has 1 aromatic heterocycles. The SMILES string of the molecule is CC(=O)N(C)c1ccc(NC(=O)c2coc(Br)c2)cc1. The predicted molar refractivity (Wildman–Crippen MR) is 79.9 cm³/mol. The molecule has 0 aliphatic rings. The van der Waals surface area contributed by atoms with Gasteiger partial charge >= 0.3 is 0 Å². The molecule has 1 heterocycles. The van der Waals surface area contributed by atoms with Gasteiger partial charge < -0.3 is 14.6 Å². The van der Waals surface area contributed by atoms with Crippen molar-refractivity contribution in [2.75, 3.05) is 17.3 Å². The summed E-state index contributed by atoms with van der Waals surface area (Å²) in [7, 11) is 1.69. The van der Waals surface area contributed by atoms with E-state index in [0.717, 1.165) is 5.69 Å². The number of rotatable bonds is 3. The summed E-state index contributed by atoms with van der Waals surface area (Å²) in [6, 6.07) is 8.60. The van der Waals surface area contributed by atoms with Gasteiger partial charge in [0.1, 0.15) is 6.26 Å². The van der Waals surface area contributed by atoms with E-state index in [1.165, 1.54) is 18.1 Å². The smallest absolute Gasteiger partial charge is 0.258 e. The number of anilines is 2. The monoisotopic (exact) mass is 336 g/mol. The maximum atomic E-state index is 11.9. The molecule has 0 unspecified atom stereocenters. The van der Waals surface area contributed by atoms with Crippen LogP contribution < -0.4 is 10.2 Å². The van der Waals surface area contributed by atoms with Crippen molar-refractivity contribution in [3.8, 4) is 0 Å². The van der Waals surface area contributed by atoms with E-state index in [0.29, 0.717) is 15.9 Å². The largest absolute Gasteiger partial charge is 0.457 e. The molecule has 2 aromatic rings. The first-order valence-corrected chi connectivity index (χ1v) is 6.66. The molecule has 6 heteroatoms. The number of amides is 2. The van der Waals surface area contributed by atoms with E-state index in [9.17, 15) is 9.59 Å². The second-order valence-corrected chi connectivity index (χ2v) is 5.00. The molecule has 0 radical (unpaired) electrons. The number of benzene rings is 1. The number of nitrogens with zero attached hydrogens (tertiary/aromatic N) is 1. The number of halogens is 1. The Hall–Kier alpha value is -2.08. The lowest BCUT2D eigenvalue weighted by molar-refractivity contribution is -0.116. The topological polar surface area (TPSA) is 62.6 Å². The van der Waals surface area contributed by atoms with Gasteiger partial charge in [0.15, 0.2) is 4.67 Å². The molecule has 20 heavy (non-hydrogen) atoms. The highest BCUT2D eigenvalue weighted by molar-refractivity contribution is 9.10. The van der Waals surface area contributed by atoms with Crippen LogP contribution in [0.5, 0.6) is 0 Å². The van der Waals surface area contributed by atoms with Crippen LogP contribution in [0, 0.1) is 0 Å². The summed E-state index contributed by atoms with van der Waals surface area (Å²) in [5.74, 6) is -0.308. The number of carbonyl (C=O) groups excluding carboxylic acids is 2. The highest BCUT2D eigenvalue weighted by Crippen LogP contribution is 2.19. The Kier molecular flexibility index (Phi) is 4.24. The van der Waals surface area contributed by atoms with Crippen LogP contribution in [0.4, 0.5) is 11.4 Å². The fourth-order valence-corrected chi connectivity index (χ4v) is 1.92. The highest BCUT2D eigenvalue weighted by atomic mass is 79.9. The molecule has 0 aliphatic carbocycles. The molecule has 1 N–H and O–H groups in total. The zero-order valence-corrected chi connectivity index (χ0v) is 12.6. The van der Waals surface area contributed by atoms with Crippen LogP contribution in [0.1, 0.15) is 17.3 Å². The number of nitrogens with one attached hydrogen (secondary N) is 1. The van der Waals surface area contributed by atoms with Crippen molar-refractivity contribution in [3.63, 3.8) is 0 Å². The van der Waals surface area contributed by atoms with Gasteiger partial charge in [-0.05, 0) is 40.2 Å². The van der Waals surface area contributed by atoms with Gasteiger partial charge in [-0.2, -0.15) is 0 Å². The van der Waals surface area contributed by atoms with Gasteiger partial charge in [0.25, 0.3) is 5.91 Å². The quantitative estimate of drug-likeness (QED) is 0.935. The molecule has 2 amide bonds. The molecule has 104 valence electrons. The van der Waals surface area contributed by atoms with Gasteiger partial charge in [-0.25, -0.2) is 0 Å². The normalized spacial score (nSPS) is 10.2. The number of carbonyl (C=O) groups is 2. The third-order valence-corrected chi connectivity index (χ3v) is 3.23. The maximum absolute atomic E-state index is 11.9. The number of furan rings is 1. The zero-order valence-electron chi connectivity index (χ0n) is 11.0. The zero-order chi connectivity index (χ0) is 14.7. The van der Waals surface area contributed by atoms with Gasteiger partial charge in [0, 0.05) is 31.4 Å². The van der Waals surface area contributed by atoms with Crippen LogP contribution in [0.15, 0.2) is 45.7 Å². The minimum atomic E-state index is -0.257. The lowest BCUT2D eigenvalue weighted by Crippen LogP contribution is -2.22. The third kappa shape index (κ3) is 3.27. The van der Waals surface area contributed by atoms with Crippen molar-refractivity contribution in [1.29, 1.82) is 0 Å². The Morgan fingerprint density at radius 1 is 1.25 bits per heavy atom. The van der Waals surface area contributed by atoms with Gasteiger partial charge in [-0.1, -0.05) is 0 Å². The van der Waals surface area contributed by atoms with Crippen molar-refractivity contribution in [3.05, 3.63) is 46.8 Å². The van der Waals surface area contributed by atoms with E-state index in [-0.39, 0.29) is 11.8 Å². The van der Waals surface area contributed by atoms with Crippen LogP contribution in [0.3, 0.4) is 0 Å². The summed E-state index contributed by atoms with van der Waals surface area (Å²) in [5.41, 5.74) is 1.84. The number of hydrogen-bond donors (Lipinski definition) is 1. The molecule has 0 fully saturated rings. The first-order valence-electron chi connectivity index (χ1n) is 5.87. The van der Waals surface area contributed by atoms with Crippen molar-refractivity contribution in [1.82, 2.24) is 0 Å². The summed E-state index contributed by atoms with van der Waals surface area (Å²) < 4.78 is 5.51. The molecule has 2 rings (SSSR count). The summed E-state index contributed by atoms with van der Waals surface area (Å²) in [6.45, 7) is 1.49. The molecule has 5 nitrogen and oxygen atoms in total. The van der Waals surface area contributed by atoms with Crippen molar-refractivity contribution in [2.24, 2.45) is 0 Å². The van der Waals surface area contributed by atoms with Gasteiger partial charge in [-0.3, -0.25) is 9.59 Å². The highest BCUT2D eigenvalue weighted by Gasteiger charge is 2.10. The third-order valence-electron chi connectivity index (χ3n) is 2.81. The minimum Gasteiger partial charge on any atom is -0.457 e. The standard InChI is InChI=1S/C14H13BrN2O3/c1-9(18)17(2)12-5-3-11(4-6-12)16-14(19)10-7-13(15)20-8-10/h3-8H,1-2H3,(H,16,19).